The molecule has 7 nitrogen and oxygen atoms in total. The van der Waals surface area contributed by atoms with Crippen LogP contribution in [0.25, 0.3) is 11.1 Å². The Morgan fingerprint density at radius 2 is 1.66 bits per heavy atom. The summed E-state index contributed by atoms with van der Waals surface area (Å²) in [5.41, 5.74) is 4.64. The molecule has 4 rings (SSSR count). The summed E-state index contributed by atoms with van der Waals surface area (Å²) in [4.78, 5) is 38.8. The maximum Gasteiger partial charge on any atom is 0.407 e. The van der Waals surface area contributed by atoms with E-state index in [4.69, 9.17) is 4.74 Å². The third-order valence-corrected chi connectivity index (χ3v) is 7.42. The quantitative estimate of drug-likeness (QED) is 0.611. The molecule has 0 saturated carbocycles. The Morgan fingerprint density at radius 3 is 2.20 bits per heavy atom. The highest BCUT2D eigenvalue weighted by Crippen LogP contribution is 2.44. The smallest absolute Gasteiger partial charge is 0.407 e. The van der Waals surface area contributed by atoms with Crippen molar-refractivity contribution < 1.29 is 24.2 Å². The van der Waals surface area contributed by atoms with E-state index >= 15 is 0 Å². The van der Waals surface area contributed by atoms with Crippen LogP contribution in [0, 0.1) is 17.8 Å². The summed E-state index contributed by atoms with van der Waals surface area (Å²) in [5.74, 6) is -1.38. The molecule has 1 aliphatic carbocycles. The van der Waals surface area contributed by atoms with Crippen LogP contribution < -0.4 is 5.32 Å². The highest BCUT2D eigenvalue weighted by molar-refractivity contribution is 5.80. The number of carboxylic acid groups (broad SMARTS) is 1. The lowest BCUT2D eigenvalue weighted by Gasteiger charge is -2.36. The van der Waals surface area contributed by atoms with E-state index in [1.54, 1.807) is 4.90 Å². The topological polar surface area (TPSA) is 95.9 Å². The normalized spacial score (nSPS) is 20.2. The maximum absolute atomic E-state index is 12.9. The van der Waals surface area contributed by atoms with Crippen molar-refractivity contribution in [3.63, 3.8) is 0 Å². The van der Waals surface area contributed by atoms with Gasteiger partial charge in [-0.2, -0.15) is 0 Å². The van der Waals surface area contributed by atoms with Crippen LogP contribution in [-0.4, -0.2) is 53.7 Å². The fourth-order valence-corrected chi connectivity index (χ4v) is 5.30. The number of amides is 2. The Morgan fingerprint density at radius 1 is 1.06 bits per heavy atom. The molecule has 3 atom stereocenters. The Bertz CT molecular complexity index is 1050. The summed E-state index contributed by atoms with van der Waals surface area (Å²) in [6.45, 7) is 6.86. The molecule has 3 unspecified atom stereocenters. The van der Waals surface area contributed by atoms with Gasteiger partial charge in [-0.25, -0.2) is 4.79 Å². The predicted octanol–water partition coefficient (Wildman–Crippen LogP) is 4.51. The minimum absolute atomic E-state index is 0.0238. The number of piperidine rings is 1. The average Bonchev–Trinajstić information content (AvgIpc) is 3.15. The average molecular weight is 479 g/mol. The fraction of sp³-hybridized carbons (Fsp3) is 0.464. The van der Waals surface area contributed by atoms with Gasteiger partial charge in [0.2, 0.25) is 5.91 Å². The molecule has 1 aliphatic heterocycles. The van der Waals surface area contributed by atoms with Gasteiger partial charge < -0.3 is 20.1 Å². The van der Waals surface area contributed by atoms with Gasteiger partial charge in [0, 0.05) is 31.5 Å². The Kier molecular flexibility index (Phi) is 7.43. The van der Waals surface area contributed by atoms with Crippen molar-refractivity contribution in [3.05, 3.63) is 59.7 Å². The number of alkyl carbamates (subject to hydrolysis) is 1. The second-order valence-electron chi connectivity index (χ2n) is 10.1. The molecular formula is C28H34N2O5. The van der Waals surface area contributed by atoms with E-state index in [1.807, 2.05) is 45.0 Å². The molecule has 0 aromatic heterocycles. The summed E-state index contributed by atoms with van der Waals surface area (Å²) in [6.07, 6.45) is 0.0806. The standard InChI is InChI=1S/C28H34N2O5/c1-17(2)25(14-26(31)30-13-12-19(27(32)33)18(3)15-30)29-28(34)35-16-24-22-10-6-4-8-20(22)21-9-5-7-11-23(21)24/h4-11,17-19,24-25H,12-16H2,1-3H3,(H,29,34)(H,32,33). The number of nitrogens with one attached hydrogen (secondary N) is 1. The summed E-state index contributed by atoms with van der Waals surface area (Å²) in [6, 6.07) is 16.0. The Labute approximate surface area is 206 Å². The van der Waals surface area contributed by atoms with Gasteiger partial charge in [-0.15, -0.1) is 0 Å². The van der Waals surface area contributed by atoms with Crippen LogP contribution in [0.3, 0.4) is 0 Å². The third-order valence-electron chi connectivity index (χ3n) is 7.42. The summed E-state index contributed by atoms with van der Waals surface area (Å²) < 4.78 is 5.66. The Balaban J connectivity index is 1.34. The first-order valence-corrected chi connectivity index (χ1v) is 12.4. The molecule has 7 heteroatoms. The molecule has 0 bridgehead atoms. The van der Waals surface area contributed by atoms with E-state index in [-0.39, 0.29) is 42.7 Å². The molecule has 1 fully saturated rings. The van der Waals surface area contributed by atoms with Crippen LogP contribution in [-0.2, 0) is 14.3 Å². The van der Waals surface area contributed by atoms with Crippen LogP contribution in [0.1, 0.15) is 50.7 Å². The third kappa shape index (κ3) is 5.34. The Hall–Kier alpha value is -3.35. The number of benzene rings is 2. The molecule has 2 aromatic rings. The molecule has 2 N–H and O–H groups in total. The second-order valence-corrected chi connectivity index (χ2v) is 10.1. The molecule has 0 spiro atoms. The van der Waals surface area contributed by atoms with E-state index in [9.17, 15) is 19.5 Å². The molecule has 0 radical (unpaired) electrons. The SMILES string of the molecule is CC(C)C(CC(=O)N1CCC(C(=O)O)C(C)C1)NC(=O)OCC1c2ccccc2-c2ccccc21. The number of carboxylic acids is 1. The summed E-state index contributed by atoms with van der Waals surface area (Å²) >= 11 is 0. The summed E-state index contributed by atoms with van der Waals surface area (Å²) in [5, 5.41) is 12.2. The van der Waals surface area contributed by atoms with Crippen molar-refractivity contribution in [2.75, 3.05) is 19.7 Å². The molecule has 2 aromatic carbocycles. The van der Waals surface area contributed by atoms with Gasteiger partial charge in [-0.3, -0.25) is 9.59 Å². The minimum atomic E-state index is -0.804. The zero-order chi connectivity index (χ0) is 25.1. The maximum atomic E-state index is 12.9. The molecule has 35 heavy (non-hydrogen) atoms. The summed E-state index contributed by atoms with van der Waals surface area (Å²) in [7, 11) is 0. The van der Waals surface area contributed by atoms with E-state index in [1.165, 1.54) is 11.1 Å². The highest BCUT2D eigenvalue weighted by Gasteiger charge is 2.34. The zero-order valence-electron chi connectivity index (χ0n) is 20.6. The number of carbonyl (C=O) groups excluding carboxylic acids is 2. The zero-order valence-corrected chi connectivity index (χ0v) is 20.6. The number of hydrogen-bond acceptors (Lipinski definition) is 4. The van der Waals surface area contributed by atoms with Crippen molar-refractivity contribution in [1.29, 1.82) is 0 Å². The lowest BCUT2D eigenvalue weighted by molar-refractivity contribution is -0.148. The highest BCUT2D eigenvalue weighted by atomic mass is 16.5. The van der Waals surface area contributed by atoms with Gasteiger partial charge in [0.1, 0.15) is 6.61 Å². The first kappa shape index (κ1) is 24.8. The minimum Gasteiger partial charge on any atom is -0.481 e. The lowest BCUT2D eigenvalue weighted by atomic mass is 9.86. The lowest BCUT2D eigenvalue weighted by Crippen LogP contribution is -2.48. The van der Waals surface area contributed by atoms with Crippen LogP contribution in [0.5, 0.6) is 0 Å². The van der Waals surface area contributed by atoms with Crippen molar-refractivity contribution in [3.8, 4) is 11.1 Å². The second kappa shape index (κ2) is 10.5. The number of carbonyl (C=O) groups is 3. The molecule has 1 saturated heterocycles. The van der Waals surface area contributed by atoms with Crippen molar-refractivity contribution in [1.82, 2.24) is 10.2 Å². The molecule has 1 heterocycles. The van der Waals surface area contributed by atoms with Gasteiger partial charge in [0.05, 0.1) is 5.92 Å². The molecule has 2 amide bonds. The monoisotopic (exact) mass is 478 g/mol. The van der Waals surface area contributed by atoms with Gasteiger partial charge in [0.25, 0.3) is 0 Å². The number of nitrogens with zero attached hydrogens (tertiary/aromatic N) is 1. The number of aliphatic carboxylic acids is 1. The molecule has 186 valence electrons. The molecule has 2 aliphatic rings. The van der Waals surface area contributed by atoms with Crippen LogP contribution in [0.15, 0.2) is 48.5 Å². The first-order valence-electron chi connectivity index (χ1n) is 12.4. The predicted molar refractivity (Wildman–Crippen MR) is 133 cm³/mol. The first-order chi connectivity index (χ1) is 16.8. The van der Waals surface area contributed by atoms with E-state index in [0.29, 0.717) is 19.5 Å². The van der Waals surface area contributed by atoms with Crippen molar-refractivity contribution in [2.45, 2.75) is 45.6 Å². The fourth-order valence-electron chi connectivity index (χ4n) is 5.30. The number of rotatable bonds is 7. The number of ether oxygens (including phenoxy) is 1. The van der Waals surface area contributed by atoms with Crippen molar-refractivity contribution >= 4 is 18.0 Å². The van der Waals surface area contributed by atoms with E-state index in [0.717, 1.165) is 11.1 Å². The number of fused-ring (bicyclic) bond motifs is 3. The largest absolute Gasteiger partial charge is 0.481 e. The van der Waals surface area contributed by atoms with Crippen LogP contribution in [0.4, 0.5) is 4.79 Å². The molecular weight excluding hydrogens is 444 g/mol. The van der Waals surface area contributed by atoms with Crippen LogP contribution in [0.2, 0.25) is 0 Å². The van der Waals surface area contributed by atoms with E-state index in [2.05, 4.69) is 29.6 Å². The van der Waals surface area contributed by atoms with Gasteiger partial charge >= 0.3 is 12.1 Å². The van der Waals surface area contributed by atoms with Gasteiger partial charge in [-0.1, -0.05) is 69.3 Å². The number of likely N-dealkylation sites (tertiary alicyclic amines) is 1. The van der Waals surface area contributed by atoms with E-state index < -0.39 is 18.0 Å². The van der Waals surface area contributed by atoms with Crippen molar-refractivity contribution in [2.24, 2.45) is 17.8 Å². The van der Waals surface area contributed by atoms with Gasteiger partial charge in [-0.05, 0) is 40.5 Å². The van der Waals surface area contributed by atoms with Crippen LogP contribution >= 0.6 is 0 Å². The van der Waals surface area contributed by atoms with Gasteiger partial charge in [0.15, 0.2) is 0 Å². The number of hydrogen-bond donors (Lipinski definition) is 2.